The number of rotatable bonds is 9. The molecule has 26 heavy (non-hydrogen) atoms. The molecule has 0 heterocycles. The van der Waals surface area contributed by atoms with Crippen molar-refractivity contribution in [2.75, 3.05) is 7.05 Å². The lowest BCUT2D eigenvalue weighted by Gasteiger charge is -2.27. The van der Waals surface area contributed by atoms with Crippen LogP contribution in [0.1, 0.15) is 48.0 Å². The van der Waals surface area contributed by atoms with E-state index in [-0.39, 0.29) is 12.3 Å². The van der Waals surface area contributed by atoms with Crippen LogP contribution < -0.4 is 20.3 Å². The molecule has 0 aliphatic heterocycles. The van der Waals surface area contributed by atoms with E-state index < -0.39 is 45.9 Å². The summed E-state index contributed by atoms with van der Waals surface area (Å²) in [4.78, 5) is 25.9. The van der Waals surface area contributed by atoms with Gasteiger partial charge in [-0.15, -0.1) is 4.83 Å². The number of amides is 2. The van der Waals surface area contributed by atoms with Crippen molar-refractivity contribution in [3.8, 4) is 0 Å². The number of nitrogens with one attached hydrogen (secondary N) is 4. The normalized spacial score (nSPS) is 15.9. The number of carbonyl (C=O) groups is 2. The Kier molecular flexibility index (Phi) is 9.49. The van der Waals surface area contributed by atoms with Gasteiger partial charge in [-0.25, -0.2) is 9.52 Å². The molecule has 3 atom stereocenters. The van der Waals surface area contributed by atoms with E-state index in [1.54, 1.807) is 41.5 Å². The Morgan fingerprint density at radius 3 is 2.12 bits per heavy atom. The number of hydrazine groups is 1. The van der Waals surface area contributed by atoms with E-state index in [1.165, 1.54) is 7.05 Å². The lowest BCUT2D eigenvalue weighted by Crippen LogP contribution is -2.50. The van der Waals surface area contributed by atoms with Crippen molar-refractivity contribution in [3.63, 3.8) is 0 Å². The fourth-order valence-electron chi connectivity index (χ4n) is 2.00. The molecule has 0 aliphatic carbocycles. The molecule has 0 bridgehead atoms. The number of aliphatic hydroxyl groups is 1. The zero-order chi connectivity index (χ0) is 20.7. The predicted octanol–water partition coefficient (Wildman–Crippen LogP) is 0.00780. The van der Waals surface area contributed by atoms with Crippen molar-refractivity contribution in [3.05, 3.63) is 0 Å². The number of aliphatic hydroxyl groups excluding tert-OH is 1. The number of carbonyl (C=O) groups excluding carboxylic acids is 2. The Labute approximate surface area is 155 Å². The number of ether oxygens (including phenoxy) is 1. The standard InChI is InChI=1S/C15H32N4O6S/c1-9(2)11(13(21)18-19-26(23,24)16-7)8-12(20)10(3)17-14(22)25-15(4,5)6/h9-12,16,19-20H,8H2,1-7H3,(H,17,22)(H,18,21)/t10-,11-,12-/m0/s1. The van der Waals surface area contributed by atoms with Crippen molar-refractivity contribution in [2.45, 2.75) is 65.7 Å². The highest BCUT2D eigenvalue weighted by molar-refractivity contribution is 7.87. The fourth-order valence-corrected chi connectivity index (χ4v) is 2.33. The summed E-state index contributed by atoms with van der Waals surface area (Å²) in [5, 5.41) is 12.8. The molecule has 0 rings (SSSR count). The summed E-state index contributed by atoms with van der Waals surface area (Å²) in [5.74, 6) is -1.42. The summed E-state index contributed by atoms with van der Waals surface area (Å²) in [6.07, 6.45) is -1.67. The molecule has 0 fully saturated rings. The van der Waals surface area contributed by atoms with Gasteiger partial charge in [0.25, 0.3) is 10.2 Å². The zero-order valence-electron chi connectivity index (χ0n) is 16.4. The van der Waals surface area contributed by atoms with E-state index in [0.29, 0.717) is 0 Å². The molecule has 0 aromatic rings. The van der Waals surface area contributed by atoms with Crippen LogP contribution in [0.5, 0.6) is 0 Å². The van der Waals surface area contributed by atoms with Gasteiger partial charge in [0.15, 0.2) is 0 Å². The maximum atomic E-state index is 12.2. The maximum Gasteiger partial charge on any atom is 0.407 e. The first-order chi connectivity index (χ1) is 11.7. The SMILES string of the molecule is CNS(=O)(=O)NNC(=O)[C@@H](C[C@H](O)[C@H](C)NC(=O)OC(C)(C)C)C(C)C. The average molecular weight is 397 g/mol. The summed E-state index contributed by atoms with van der Waals surface area (Å²) in [6, 6.07) is -0.659. The Balaban J connectivity index is 4.78. The Bertz CT molecular complexity index is 573. The molecule has 0 saturated carbocycles. The third kappa shape index (κ3) is 9.90. The molecule has 0 aromatic heterocycles. The van der Waals surface area contributed by atoms with Crippen LogP contribution in [0, 0.1) is 11.8 Å². The van der Waals surface area contributed by atoms with Crippen molar-refractivity contribution in [2.24, 2.45) is 11.8 Å². The molecule has 0 unspecified atom stereocenters. The molecule has 0 aliphatic rings. The molecule has 11 heteroatoms. The third-order valence-corrected chi connectivity index (χ3v) is 4.44. The van der Waals surface area contributed by atoms with Gasteiger partial charge >= 0.3 is 6.09 Å². The van der Waals surface area contributed by atoms with E-state index in [0.717, 1.165) is 0 Å². The van der Waals surface area contributed by atoms with E-state index in [9.17, 15) is 23.1 Å². The van der Waals surface area contributed by atoms with Crippen LogP contribution in [-0.4, -0.2) is 50.3 Å². The van der Waals surface area contributed by atoms with Gasteiger partial charge in [-0.3, -0.25) is 10.2 Å². The van der Waals surface area contributed by atoms with Gasteiger partial charge in [0.1, 0.15) is 5.60 Å². The molecule has 5 N–H and O–H groups in total. The van der Waals surface area contributed by atoms with E-state index in [4.69, 9.17) is 4.74 Å². The highest BCUT2D eigenvalue weighted by Gasteiger charge is 2.29. The summed E-state index contributed by atoms with van der Waals surface area (Å²) < 4.78 is 29.8. The highest BCUT2D eigenvalue weighted by Crippen LogP contribution is 2.19. The molecule has 10 nitrogen and oxygen atoms in total. The molecule has 0 aromatic carbocycles. The van der Waals surface area contributed by atoms with Crippen LogP contribution in [0.2, 0.25) is 0 Å². The van der Waals surface area contributed by atoms with Gasteiger partial charge in [0, 0.05) is 13.0 Å². The van der Waals surface area contributed by atoms with Crippen LogP contribution in [0.25, 0.3) is 0 Å². The second kappa shape index (κ2) is 10.0. The summed E-state index contributed by atoms with van der Waals surface area (Å²) in [5.41, 5.74) is 1.44. The molecule has 0 radical (unpaired) electrons. The van der Waals surface area contributed by atoms with E-state index >= 15 is 0 Å². The average Bonchev–Trinajstić information content (AvgIpc) is 2.47. The third-order valence-electron chi connectivity index (χ3n) is 3.54. The first-order valence-electron chi connectivity index (χ1n) is 8.36. The highest BCUT2D eigenvalue weighted by atomic mass is 32.2. The Hall–Kier alpha value is -1.43. The Morgan fingerprint density at radius 2 is 1.69 bits per heavy atom. The molecular weight excluding hydrogens is 364 g/mol. The van der Waals surface area contributed by atoms with Crippen LogP contribution in [0.15, 0.2) is 0 Å². The van der Waals surface area contributed by atoms with Gasteiger partial charge < -0.3 is 15.2 Å². The largest absolute Gasteiger partial charge is 0.444 e. The van der Waals surface area contributed by atoms with E-state index in [1.807, 2.05) is 9.55 Å². The molecular formula is C15H32N4O6S. The first kappa shape index (κ1) is 24.6. The molecule has 0 spiro atoms. The topological polar surface area (TPSA) is 146 Å². The van der Waals surface area contributed by atoms with Crippen molar-refractivity contribution < 1.29 is 27.9 Å². The zero-order valence-corrected chi connectivity index (χ0v) is 17.2. The quantitative estimate of drug-likeness (QED) is 0.347. The number of hydrogen-bond acceptors (Lipinski definition) is 6. The lowest BCUT2D eigenvalue weighted by molar-refractivity contribution is -0.128. The second-order valence-electron chi connectivity index (χ2n) is 7.39. The predicted molar refractivity (Wildman–Crippen MR) is 97.0 cm³/mol. The van der Waals surface area contributed by atoms with Gasteiger partial charge in [0.05, 0.1) is 12.1 Å². The van der Waals surface area contributed by atoms with Crippen molar-refractivity contribution in [1.82, 2.24) is 20.3 Å². The fraction of sp³-hybridized carbons (Fsp3) is 0.867. The van der Waals surface area contributed by atoms with E-state index in [2.05, 4.69) is 10.7 Å². The first-order valence-corrected chi connectivity index (χ1v) is 9.84. The summed E-state index contributed by atoms with van der Waals surface area (Å²) >= 11 is 0. The lowest BCUT2D eigenvalue weighted by atomic mass is 9.88. The molecule has 0 saturated heterocycles. The number of alkyl carbamates (subject to hydrolysis) is 1. The van der Waals surface area contributed by atoms with Crippen LogP contribution in [0.3, 0.4) is 0 Å². The molecule has 154 valence electrons. The second-order valence-corrected chi connectivity index (χ2v) is 9.01. The van der Waals surface area contributed by atoms with Crippen LogP contribution in [0.4, 0.5) is 4.79 Å². The van der Waals surface area contributed by atoms with Crippen molar-refractivity contribution in [1.29, 1.82) is 0 Å². The van der Waals surface area contributed by atoms with Crippen LogP contribution in [-0.2, 0) is 19.7 Å². The van der Waals surface area contributed by atoms with Gasteiger partial charge in [-0.05, 0) is 40.0 Å². The van der Waals surface area contributed by atoms with Crippen LogP contribution >= 0.6 is 0 Å². The van der Waals surface area contributed by atoms with Gasteiger partial charge in [-0.2, -0.15) is 8.42 Å². The van der Waals surface area contributed by atoms with Gasteiger partial charge in [-0.1, -0.05) is 13.8 Å². The van der Waals surface area contributed by atoms with Gasteiger partial charge in [0.2, 0.25) is 5.91 Å². The molecule has 2 amide bonds. The minimum Gasteiger partial charge on any atom is -0.444 e. The Morgan fingerprint density at radius 1 is 1.15 bits per heavy atom. The monoisotopic (exact) mass is 396 g/mol. The minimum absolute atomic E-state index is 0.0295. The smallest absolute Gasteiger partial charge is 0.407 e. The number of hydrogen-bond donors (Lipinski definition) is 5. The minimum atomic E-state index is -3.82. The maximum absolute atomic E-state index is 12.2. The van der Waals surface area contributed by atoms with Crippen molar-refractivity contribution >= 4 is 22.2 Å². The summed E-state index contributed by atoms with van der Waals surface area (Å²) in [7, 11) is -2.62. The summed E-state index contributed by atoms with van der Waals surface area (Å²) in [6.45, 7) is 10.3.